The number of rotatable bonds is 4. The number of anilines is 3. The van der Waals surface area contributed by atoms with Crippen molar-refractivity contribution < 1.29 is 9.18 Å². The standard InChI is InChI=1S/C18H14ClFN4O/c1-11-12(19)5-4-8-14(11)21-17-10-9-16(23-24-17)18(25)22-15-7-3-2-6-13(15)20/h2-10H,1H3,(H,21,24)(H,22,25). The summed E-state index contributed by atoms with van der Waals surface area (Å²) >= 11 is 6.08. The number of carbonyl (C=O) groups excluding carboxylic acids is 1. The highest BCUT2D eigenvalue weighted by Crippen LogP contribution is 2.25. The molecule has 3 rings (SSSR count). The molecule has 0 atom stereocenters. The van der Waals surface area contributed by atoms with Crippen LogP contribution in [-0.2, 0) is 0 Å². The maximum Gasteiger partial charge on any atom is 0.276 e. The number of nitrogens with zero attached hydrogens (tertiary/aromatic N) is 2. The summed E-state index contributed by atoms with van der Waals surface area (Å²) in [5.41, 5.74) is 1.85. The van der Waals surface area contributed by atoms with E-state index < -0.39 is 11.7 Å². The van der Waals surface area contributed by atoms with Crippen molar-refractivity contribution in [3.05, 3.63) is 76.7 Å². The predicted octanol–water partition coefficient (Wildman–Crippen LogP) is 4.57. The van der Waals surface area contributed by atoms with E-state index in [9.17, 15) is 9.18 Å². The van der Waals surface area contributed by atoms with Crippen LogP contribution in [-0.4, -0.2) is 16.1 Å². The first-order chi connectivity index (χ1) is 12.0. The Bertz CT molecular complexity index is 915. The highest BCUT2D eigenvalue weighted by molar-refractivity contribution is 6.31. The molecule has 126 valence electrons. The zero-order chi connectivity index (χ0) is 17.8. The van der Waals surface area contributed by atoms with Gasteiger partial charge in [0, 0.05) is 10.7 Å². The number of hydrogen-bond donors (Lipinski definition) is 2. The molecule has 5 nitrogen and oxygen atoms in total. The molecule has 1 aromatic heterocycles. The van der Waals surface area contributed by atoms with Gasteiger partial charge in [0.2, 0.25) is 0 Å². The molecular formula is C18H14ClFN4O. The maximum absolute atomic E-state index is 13.6. The Balaban J connectivity index is 1.73. The van der Waals surface area contributed by atoms with Crippen molar-refractivity contribution in [3.8, 4) is 0 Å². The van der Waals surface area contributed by atoms with Crippen molar-refractivity contribution in [1.29, 1.82) is 0 Å². The minimum Gasteiger partial charge on any atom is -0.338 e. The van der Waals surface area contributed by atoms with Crippen LogP contribution in [0.1, 0.15) is 16.1 Å². The number of benzene rings is 2. The maximum atomic E-state index is 13.6. The highest BCUT2D eigenvalue weighted by Gasteiger charge is 2.11. The fraction of sp³-hybridized carbons (Fsp3) is 0.0556. The zero-order valence-electron chi connectivity index (χ0n) is 13.3. The Kier molecular flexibility index (Phi) is 4.90. The first-order valence-electron chi connectivity index (χ1n) is 7.46. The number of hydrogen-bond acceptors (Lipinski definition) is 4. The number of halogens is 2. The molecule has 0 aliphatic carbocycles. The fourth-order valence-corrected chi connectivity index (χ4v) is 2.32. The Morgan fingerprint density at radius 2 is 1.76 bits per heavy atom. The van der Waals surface area contributed by atoms with E-state index in [1.807, 2.05) is 19.1 Å². The summed E-state index contributed by atoms with van der Waals surface area (Å²) in [5.74, 6) is -0.588. The van der Waals surface area contributed by atoms with Gasteiger partial charge in [-0.2, -0.15) is 0 Å². The van der Waals surface area contributed by atoms with Crippen LogP contribution in [0.5, 0.6) is 0 Å². The second-order valence-electron chi connectivity index (χ2n) is 5.28. The zero-order valence-corrected chi connectivity index (χ0v) is 14.0. The van der Waals surface area contributed by atoms with Gasteiger partial charge in [-0.1, -0.05) is 29.8 Å². The Morgan fingerprint density at radius 3 is 2.48 bits per heavy atom. The van der Waals surface area contributed by atoms with Crippen LogP contribution in [0.25, 0.3) is 0 Å². The van der Waals surface area contributed by atoms with Crippen LogP contribution in [0, 0.1) is 12.7 Å². The Labute approximate surface area is 148 Å². The number of para-hydroxylation sites is 1. The number of carbonyl (C=O) groups is 1. The van der Waals surface area contributed by atoms with E-state index in [1.165, 1.54) is 18.2 Å². The van der Waals surface area contributed by atoms with Crippen molar-refractivity contribution in [2.24, 2.45) is 0 Å². The van der Waals surface area contributed by atoms with Crippen molar-refractivity contribution in [2.45, 2.75) is 6.92 Å². The summed E-state index contributed by atoms with van der Waals surface area (Å²) in [6.45, 7) is 1.88. The molecule has 0 saturated carbocycles. The van der Waals surface area contributed by atoms with Crippen molar-refractivity contribution >= 4 is 34.7 Å². The van der Waals surface area contributed by atoms with Gasteiger partial charge in [-0.15, -0.1) is 10.2 Å². The van der Waals surface area contributed by atoms with Gasteiger partial charge in [0.1, 0.15) is 5.82 Å². The first-order valence-corrected chi connectivity index (χ1v) is 7.84. The topological polar surface area (TPSA) is 66.9 Å². The predicted molar refractivity (Wildman–Crippen MR) is 95.9 cm³/mol. The lowest BCUT2D eigenvalue weighted by Gasteiger charge is -2.10. The summed E-state index contributed by atoms with van der Waals surface area (Å²) in [7, 11) is 0. The third-order valence-electron chi connectivity index (χ3n) is 3.55. The van der Waals surface area contributed by atoms with Gasteiger partial charge in [-0.25, -0.2) is 4.39 Å². The number of amides is 1. The van der Waals surface area contributed by atoms with Crippen molar-refractivity contribution in [2.75, 3.05) is 10.6 Å². The second-order valence-corrected chi connectivity index (χ2v) is 5.68. The van der Waals surface area contributed by atoms with Gasteiger partial charge in [0.25, 0.3) is 5.91 Å². The molecule has 2 N–H and O–H groups in total. The Hall–Kier alpha value is -2.99. The van der Waals surface area contributed by atoms with E-state index in [-0.39, 0.29) is 11.4 Å². The molecule has 7 heteroatoms. The molecule has 1 heterocycles. The number of nitrogens with one attached hydrogen (secondary N) is 2. The SMILES string of the molecule is Cc1c(Cl)cccc1Nc1ccc(C(=O)Nc2ccccc2F)nn1. The molecule has 25 heavy (non-hydrogen) atoms. The lowest BCUT2D eigenvalue weighted by atomic mass is 10.2. The van der Waals surface area contributed by atoms with E-state index in [2.05, 4.69) is 20.8 Å². The van der Waals surface area contributed by atoms with Crippen LogP contribution in [0.2, 0.25) is 5.02 Å². The molecular weight excluding hydrogens is 343 g/mol. The average Bonchev–Trinajstić information content (AvgIpc) is 2.61. The van der Waals surface area contributed by atoms with Gasteiger partial charge >= 0.3 is 0 Å². The molecule has 0 radical (unpaired) electrons. The van der Waals surface area contributed by atoms with E-state index in [4.69, 9.17) is 11.6 Å². The molecule has 1 amide bonds. The summed E-state index contributed by atoms with van der Waals surface area (Å²) in [5, 5.41) is 14.0. The van der Waals surface area contributed by atoms with Gasteiger partial charge in [-0.05, 0) is 48.9 Å². The molecule has 0 unspecified atom stereocenters. The summed E-state index contributed by atoms with van der Waals surface area (Å²) in [6.07, 6.45) is 0. The van der Waals surface area contributed by atoms with E-state index in [1.54, 1.807) is 24.3 Å². The third-order valence-corrected chi connectivity index (χ3v) is 3.96. The minimum atomic E-state index is -0.539. The van der Waals surface area contributed by atoms with Gasteiger partial charge in [-0.3, -0.25) is 4.79 Å². The van der Waals surface area contributed by atoms with Gasteiger partial charge in [0.15, 0.2) is 11.5 Å². The normalized spacial score (nSPS) is 10.4. The molecule has 2 aromatic carbocycles. The monoisotopic (exact) mass is 356 g/mol. The van der Waals surface area contributed by atoms with E-state index in [0.29, 0.717) is 10.8 Å². The van der Waals surface area contributed by atoms with Crippen LogP contribution in [0.3, 0.4) is 0 Å². The molecule has 0 aliphatic heterocycles. The Morgan fingerprint density at radius 1 is 1.00 bits per heavy atom. The van der Waals surface area contributed by atoms with Crippen LogP contribution in [0.15, 0.2) is 54.6 Å². The summed E-state index contributed by atoms with van der Waals surface area (Å²) in [6, 6.07) is 14.5. The largest absolute Gasteiger partial charge is 0.338 e. The lowest BCUT2D eigenvalue weighted by molar-refractivity contribution is 0.102. The summed E-state index contributed by atoms with van der Waals surface area (Å²) in [4.78, 5) is 12.1. The second kappa shape index (κ2) is 7.27. The molecule has 0 spiro atoms. The molecule has 3 aromatic rings. The van der Waals surface area contributed by atoms with E-state index >= 15 is 0 Å². The van der Waals surface area contributed by atoms with Crippen LogP contribution >= 0.6 is 11.6 Å². The van der Waals surface area contributed by atoms with Crippen molar-refractivity contribution in [1.82, 2.24) is 10.2 Å². The van der Waals surface area contributed by atoms with Gasteiger partial charge in [0.05, 0.1) is 5.69 Å². The smallest absolute Gasteiger partial charge is 0.276 e. The quantitative estimate of drug-likeness (QED) is 0.718. The lowest BCUT2D eigenvalue weighted by Crippen LogP contribution is -2.15. The van der Waals surface area contributed by atoms with E-state index in [0.717, 1.165) is 11.3 Å². The summed E-state index contributed by atoms with van der Waals surface area (Å²) < 4.78 is 13.6. The van der Waals surface area contributed by atoms with Crippen LogP contribution < -0.4 is 10.6 Å². The molecule has 0 aliphatic rings. The van der Waals surface area contributed by atoms with Crippen molar-refractivity contribution in [3.63, 3.8) is 0 Å². The molecule has 0 saturated heterocycles. The fourth-order valence-electron chi connectivity index (χ4n) is 2.15. The third kappa shape index (κ3) is 3.92. The number of aromatic nitrogens is 2. The minimum absolute atomic E-state index is 0.0802. The highest BCUT2D eigenvalue weighted by atomic mass is 35.5. The average molecular weight is 357 g/mol. The molecule has 0 fully saturated rings. The van der Waals surface area contributed by atoms with Gasteiger partial charge < -0.3 is 10.6 Å². The molecule has 0 bridgehead atoms. The first kappa shape index (κ1) is 16.9. The van der Waals surface area contributed by atoms with Crippen LogP contribution in [0.4, 0.5) is 21.6 Å².